The Morgan fingerprint density at radius 1 is 0.960 bits per heavy atom. The van der Waals surface area contributed by atoms with Gasteiger partial charge in [-0.05, 0) is 43.2 Å². The maximum Gasteiger partial charge on any atom is 0.407 e. The van der Waals surface area contributed by atoms with Gasteiger partial charge < -0.3 is 19.5 Å². The highest BCUT2D eigenvalue weighted by Crippen LogP contribution is 2.21. The molecule has 0 aromatic heterocycles. The van der Waals surface area contributed by atoms with E-state index in [0.717, 1.165) is 17.1 Å². The SMILES string of the molecule is CCOC(=O)COC(=O)NCCc1cccc(Oc2ccccc2)c1. The largest absolute Gasteiger partial charge is 0.463 e. The van der Waals surface area contributed by atoms with Crippen LogP contribution in [0.4, 0.5) is 4.79 Å². The van der Waals surface area contributed by atoms with Gasteiger partial charge in [-0.2, -0.15) is 0 Å². The molecule has 6 nitrogen and oxygen atoms in total. The Balaban J connectivity index is 1.75. The fourth-order valence-corrected chi connectivity index (χ4v) is 2.08. The molecule has 2 rings (SSSR count). The summed E-state index contributed by atoms with van der Waals surface area (Å²) in [7, 11) is 0. The lowest BCUT2D eigenvalue weighted by atomic mass is 10.1. The van der Waals surface area contributed by atoms with Crippen molar-refractivity contribution in [2.75, 3.05) is 19.8 Å². The fraction of sp³-hybridized carbons (Fsp3) is 0.263. The van der Waals surface area contributed by atoms with E-state index in [1.54, 1.807) is 6.92 Å². The molecule has 0 aliphatic heterocycles. The summed E-state index contributed by atoms with van der Waals surface area (Å²) in [5.74, 6) is 0.928. The third-order valence-electron chi connectivity index (χ3n) is 3.19. The Bertz CT molecular complexity index is 687. The standard InChI is InChI=1S/C19H21NO5/c1-2-23-18(21)14-24-19(22)20-12-11-15-7-6-10-17(13-15)25-16-8-4-3-5-9-16/h3-10,13H,2,11-12,14H2,1H3,(H,20,22). The average Bonchev–Trinajstić information content (AvgIpc) is 2.61. The van der Waals surface area contributed by atoms with Gasteiger partial charge in [-0.15, -0.1) is 0 Å². The first kappa shape index (κ1) is 18.3. The number of nitrogens with one attached hydrogen (secondary N) is 1. The summed E-state index contributed by atoms with van der Waals surface area (Å²) < 4.78 is 15.2. The van der Waals surface area contributed by atoms with Crippen molar-refractivity contribution in [1.29, 1.82) is 0 Å². The number of amides is 1. The minimum atomic E-state index is -0.648. The van der Waals surface area contributed by atoms with Crippen molar-refractivity contribution in [1.82, 2.24) is 5.32 Å². The molecule has 0 atom stereocenters. The third-order valence-corrected chi connectivity index (χ3v) is 3.19. The minimum absolute atomic E-state index is 0.255. The molecule has 0 bridgehead atoms. The van der Waals surface area contributed by atoms with Crippen molar-refractivity contribution < 1.29 is 23.8 Å². The topological polar surface area (TPSA) is 73.9 Å². The Morgan fingerprint density at radius 3 is 2.48 bits per heavy atom. The van der Waals surface area contributed by atoms with Gasteiger partial charge in [0.25, 0.3) is 0 Å². The molecule has 1 amide bonds. The molecule has 0 spiro atoms. The second-order valence-corrected chi connectivity index (χ2v) is 5.12. The van der Waals surface area contributed by atoms with Gasteiger partial charge in [0.1, 0.15) is 11.5 Å². The maximum atomic E-state index is 11.5. The number of para-hydroxylation sites is 1. The molecule has 1 N–H and O–H groups in total. The Kier molecular flexibility index (Phi) is 7.31. The van der Waals surface area contributed by atoms with Crippen molar-refractivity contribution in [2.24, 2.45) is 0 Å². The number of hydrogen-bond donors (Lipinski definition) is 1. The molecule has 0 aliphatic carbocycles. The quantitative estimate of drug-likeness (QED) is 0.744. The lowest BCUT2D eigenvalue weighted by molar-refractivity contribution is -0.146. The monoisotopic (exact) mass is 343 g/mol. The smallest absolute Gasteiger partial charge is 0.407 e. The van der Waals surface area contributed by atoms with E-state index in [-0.39, 0.29) is 13.2 Å². The van der Waals surface area contributed by atoms with Gasteiger partial charge in [0, 0.05) is 6.54 Å². The van der Waals surface area contributed by atoms with Crippen LogP contribution in [0.5, 0.6) is 11.5 Å². The number of ether oxygens (including phenoxy) is 3. The molecule has 0 radical (unpaired) electrons. The van der Waals surface area contributed by atoms with Gasteiger partial charge in [0.15, 0.2) is 6.61 Å². The summed E-state index contributed by atoms with van der Waals surface area (Å²) in [6, 6.07) is 17.1. The van der Waals surface area contributed by atoms with E-state index >= 15 is 0 Å². The Hall–Kier alpha value is -3.02. The lowest BCUT2D eigenvalue weighted by Crippen LogP contribution is -2.28. The Labute approximate surface area is 146 Å². The zero-order valence-corrected chi connectivity index (χ0v) is 14.1. The first-order chi connectivity index (χ1) is 12.2. The summed E-state index contributed by atoms with van der Waals surface area (Å²) in [4.78, 5) is 22.6. The first-order valence-electron chi connectivity index (χ1n) is 8.05. The fourth-order valence-electron chi connectivity index (χ4n) is 2.08. The highest BCUT2D eigenvalue weighted by Gasteiger charge is 2.07. The van der Waals surface area contributed by atoms with Gasteiger partial charge in [0.05, 0.1) is 6.61 Å². The molecular formula is C19H21NO5. The van der Waals surface area contributed by atoms with Gasteiger partial charge in [-0.1, -0.05) is 30.3 Å². The van der Waals surface area contributed by atoms with E-state index in [4.69, 9.17) is 9.47 Å². The minimum Gasteiger partial charge on any atom is -0.463 e. The molecule has 6 heteroatoms. The first-order valence-corrected chi connectivity index (χ1v) is 8.05. The summed E-state index contributed by atoms with van der Waals surface area (Å²) in [5, 5.41) is 2.59. The number of carbonyl (C=O) groups excluding carboxylic acids is 2. The predicted molar refractivity (Wildman–Crippen MR) is 92.6 cm³/mol. The average molecular weight is 343 g/mol. The van der Waals surface area contributed by atoms with Crippen LogP contribution < -0.4 is 10.1 Å². The second kappa shape index (κ2) is 9.97. The highest BCUT2D eigenvalue weighted by molar-refractivity contribution is 5.75. The summed E-state index contributed by atoms with van der Waals surface area (Å²) >= 11 is 0. The predicted octanol–water partition coefficient (Wildman–Crippen LogP) is 3.31. The van der Waals surface area contributed by atoms with E-state index in [0.29, 0.717) is 13.0 Å². The summed E-state index contributed by atoms with van der Waals surface area (Å²) in [6.45, 7) is 1.94. The molecule has 0 unspecified atom stereocenters. The van der Waals surface area contributed by atoms with E-state index in [9.17, 15) is 9.59 Å². The van der Waals surface area contributed by atoms with Crippen LogP contribution >= 0.6 is 0 Å². The van der Waals surface area contributed by atoms with Crippen LogP contribution in [0, 0.1) is 0 Å². The van der Waals surface area contributed by atoms with Crippen LogP contribution in [0.15, 0.2) is 54.6 Å². The van der Waals surface area contributed by atoms with E-state index in [1.165, 1.54) is 0 Å². The van der Waals surface area contributed by atoms with Crippen molar-refractivity contribution in [2.45, 2.75) is 13.3 Å². The van der Waals surface area contributed by atoms with E-state index in [2.05, 4.69) is 10.1 Å². The van der Waals surface area contributed by atoms with Crippen LogP contribution in [0.2, 0.25) is 0 Å². The van der Waals surface area contributed by atoms with Crippen LogP contribution in [0.3, 0.4) is 0 Å². The molecular weight excluding hydrogens is 322 g/mol. The number of esters is 1. The highest BCUT2D eigenvalue weighted by atomic mass is 16.6. The summed E-state index contributed by atoms with van der Waals surface area (Å²) in [5.41, 5.74) is 1.01. The van der Waals surface area contributed by atoms with Crippen molar-refractivity contribution >= 4 is 12.1 Å². The Morgan fingerprint density at radius 2 is 1.72 bits per heavy atom. The molecule has 2 aromatic rings. The third kappa shape index (κ3) is 6.95. The van der Waals surface area contributed by atoms with Gasteiger partial charge >= 0.3 is 12.1 Å². The number of benzene rings is 2. The number of alkyl carbamates (subject to hydrolysis) is 1. The van der Waals surface area contributed by atoms with Gasteiger partial charge in [-0.25, -0.2) is 9.59 Å². The zero-order valence-electron chi connectivity index (χ0n) is 14.1. The van der Waals surface area contributed by atoms with Gasteiger partial charge in [0.2, 0.25) is 0 Å². The molecule has 0 saturated carbocycles. The molecule has 0 heterocycles. The van der Waals surface area contributed by atoms with Crippen LogP contribution in [-0.2, 0) is 20.7 Å². The van der Waals surface area contributed by atoms with Crippen LogP contribution in [-0.4, -0.2) is 31.8 Å². The van der Waals surface area contributed by atoms with Crippen molar-refractivity contribution in [3.8, 4) is 11.5 Å². The van der Waals surface area contributed by atoms with Gasteiger partial charge in [-0.3, -0.25) is 0 Å². The van der Waals surface area contributed by atoms with Crippen molar-refractivity contribution in [3.63, 3.8) is 0 Å². The number of rotatable bonds is 8. The normalized spacial score (nSPS) is 9.96. The lowest BCUT2D eigenvalue weighted by Gasteiger charge is -2.09. The number of carbonyl (C=O) groups is 2. The second-order valence-electron chi connectivity index (χ2n) is 5.12. The van der Waals surface area contributed by atoms with Crippen molar-refractivity contribution in [3.05, 3.63) is 60.2 Å². The molecule has 25 heavy (non-hydrogen) atoms. The molecule has 0 aliphatic rings. The van der Waals surface area contributed by atoms with E-state index in [1.807, 2.05) is 54.6 Å². The zero-order chi connectivity index (χ0) is 17.9. The molecule has 132 valence electrons. The molecule has 2 aromatic carbocycles. The van der Waals surface area contributed by atoms with Crippen LogP contribution in [0.1, 0.15) is 12.5 Å². The number of hydrogen-bond acceptors (Lipinski definition) is 5. The molecule has 0 fully saturated rings. The van der Waals surface area contributed by atoms with Crippen LogP contribution in [0.25, 0.3) is 0 Å². The summed E-state index contributed by atoms with van der Waals surface area (Å²) in [6.07, 6.45) is -0.0368. The maximum absolute atomic E-state index is 11.5. The van der Waals surface area contributed by atoms with E-state index < -0.39 is 12.1 Å². The molecule has 0 saturated heterocycles.